The summed E-state index contributed by atoms with van der Waals surface area (Å²) in [5.74, 6) is 0.707. The number of carbonyl (C=O) groups excluding carboxylic acids is 1. The van der Waals surface area contributed by atoms with Gasteiger partial charge in [0.1, 0.15) is 6.42 Å². The first-order valence-electron chi connectivity index (χ1n) is 6.31. The van der Waals surface area contributed by atoms with E-state index in [1.54, 1.807) is 0 Å². The normalized spacial score (nSPS) is 11.9. The quantitative estimate of drug-likeness (QED) is 0.836. The van der Waals surface area contributed by atoms with Gasteiger partial charge >= 0.3 is 0 Å². The maximum Gasteiger partial charge on any atom is 0.234 e. The van der Waals surface area contributed by atoms with E-state index in [4.69, 9.17) is 5.26 Å². The molecule has 1 N–H and O–H groups in total. The van der Waals surface area contributed by atoms with Crippen LogP contribution >= 0.6 is 0 Å². The molecule has 0 fully saturated rings. The Morgan fingerprint density at radius 2 is 2.00 bits per heavy atom. The van der Waals surface area contributed by atoms with Crippen molar-refractivity contribution in [2.45, 2.75) is 26.7 Å². The minimum absolute atomic E-state index is 0.0594. The zero-order valence-corrected chi connectivity index (χ0v) is 11.0. The van der Waals surface area contributed by atoms with Crippen molar-refractivity contribution >= 4 is 5.91 Å². The van der Waals surface area contributed by atoms with Crippen molar-refractivity contribution in [1.29, 1.82) is 5.26 Å². The smallest absolute Gasteiger partial charge is 0.234 e. The SMILES string of the molecule is CC(C)[C@@H](CNC(=O)CC#N)Cc1ccccc1. The van der Waals surface area contributed by atoms with Crippen LogP contribution < -0.4 is 5.32 Å². The Morgan fingerprint density at radius 1 is 1.33 bits per heavy atom. The zero-order chi connectivity index (χ0) is 13.4. The minimum atomic E-state index is -0.184. The van der Waals surface area contributed by atoms with Crippen molar-refractivity contribution in [3.8, 4) is 6.07 Å². The molecule has 0 unspecified atom stereocenters. The molecule has 96 valence electrons. The number of hydrogen-bond donors (Lipinski definition) is 1. The summed E-state index contributed by atoms with van der Waals surface area (Å²) in [4.78, 5) is 11.3. The van der Waals surface area contributed by atoms with Crippen molar-refractivity contribution in [2.24, 2.45) is 11.8 Å². The van der Waals surface area contributed by atoms with Gasteiger partial charge in [0, 0.05) is 6.54 Å². The number of hydrogen-bond acceptors (Lipinski definition) is 2. The van der Waals surface area contributed by atoms with E-state index >= 15 is 0 Å². The molecule has 1 aromatic rings. The standard InChI is InChI=1S/C15H20N2O/c1-12(2)14(11-17-15(18)8-9-16)10-13-6-4-3-5-7-13/h3-7,12,14H,8,10-11H2,1-2H3,(H,17,18)/t14-/m1/s1. The molecule has 1 rings (SSSR count). The third-order valence-electron chi connectivity index (χ3n) is 3.08. The second-order valence-electron chi connectivity index (χ2n) is 4.83. The van der Waals surface area contributed by atoms with Gasteiger partial charge in [-0.3, -0.25) is 4.79 Å². The molecule has 0 radical (unpaired) electrons. The Hall–Kier alpha value is -1.82. The summed E-state index contributed by atoms with van der Waals surface area (Å²) in [6, 6.07) is 12.1. The average molecular weight is 244 g/mol. The van der Waals surface area contributed by atoms with E-state index < -0.39 is 0 Å². The maximum atomic E-state index is 11.3. The van der Waals surface area contributed by atoms with E-state index in [1.807, 2.05) is 24.3 Å². The molecular weight excluding hydrogens is 224 g/mol. The second kappa shape index (κ2) is 7.50. The van der Waals surface area contributed by atoms with Crippen LogP contribution in [-0.4, -0.2) is 12.5 Å². The fourth-order valence-electron chi connectivity index (χ4n) is 1.84. The van der Waals surface area contributed by atoms with Gasteiger partial charge in [0.05, 0.1) is 6.07 Å². The number of rotatable bonds is 6. The van der Waals surface area contributed by atoms with Crippen molar-refractivity contribution < 1.29 is 4.79 Å². The lowest BCUT2D eigenvalue weighted by molar-refractivity contribution is -0.120. The first-order valence-corrected chi connectivity index (χ1v) is 6.31. The molecule has 0 bridgehead atoms. The Labute approximate surface area is 109 Å². The summed E-state index contributed by atoms with van der Waals surface area (Å²) in [5, 5.41) is 11.3. The Bertz CT molecular complexity index is 406. The molecule has 1 aromatic carbocycles. The van der Waals surface area contributed by atoms with Gasteiger partial charge in [-0.1, -0.05) is 44.2 Å². The monoisotopic (exact) mass is 244 g/mol. The summed E-state index contributed by atoms with van der Waals surface area (Å²) in [6.45, 7) is 4.95. The van der Waals surface area contributed by atoms with Crippen LogP contribution in [0.15, 0.2) is 30.3 Å². The molecule has 0 heterocycles. The molecule has 0 aliphatic rings. The summed E-state index contributed by atoms with van der Waals surface area (Å²) in [5.41, 5.74) is 1.28. The van der Waals surface area contributed by atoms with Crippen LogP contribution in [-0.2, 0) is 11.2 Å². The highest BCUT2D eigenvalue weighted by atomic mass is 16.1. The zero-order valence-electron chi connectivity index (χ0n) is 11.0. The second-order valence-corrected chi connectivity index (χ2v) is 4.83. The summed E-state index contributed by atoms with van der Waals surface area (Å²) in [6.07, 6.45) is 0.890. The first-order chi connectivity index (χ1) is 8.63. The maximum absolute atomic E-state index is 11.3. The number of nitrogens with one attached hydrogen (secondary N) is 1. The van der Waals surface area contributed by atoms with Gasteiger partial charge in [-0.15, -0.1) is 0 Å². The fraction of sp³-hybridized carbons (Fsp3) is 0.467. The molecule has 0 aliphatic heterocycles. The van der Waals surface area contributed by atoms with Crippen LogP contribution in [0.4, 0.5) is 0 Å². The van der Waals surface area contributed by atoms with Crippen LogP contribution in [0.3, 0.4) is 0 Å². The molecule has 0 aromatic heterocycles. The summed E-state index contributed by atoms with van der Waals surface area (Å²) >= 11 is 0. The van der Waals surface area contributed by atoms with Crippen LogP contribution in [0, 0.1) is 23.2 Å². The van der Waals surface area contributed by atoms with E-state index in [0.717, 1.165) is 6.42 Å². The number of amides is 1. The van der Waals surface area contributed by atoms with E-state index in [-0.39, 0.29) is 12.3 Å². The Kier molecular flexibility index (Phi) is 5.93. The third kappa shape index (κ3) is 5.01. The predicted molar refractivity (Wildman–Crippen MR) is 71.7 cm³/mol. The molecule has 0 saturated heterocycles. The van der Waals surface area contributed by atoms with Crippen molar-refractivity contribution in [3.63, 3.8) is 0 Å². The van der Waals surface area contributed by atoms with E-state index in [9.17, 15) is 4.79 Å². The van der Waals surface area contributed by atoms with E-state index in [2.05, 4.69) is 31.3 Å². The van der Waals surface area contributed by atoms with Gasteiger partial charge in [-0.2, -0.15) is 5.26 Å². The number of nitriles is 1. The highest BCUT2D eigenvalue weighted by molar-refractivity contribution is 5.77. The van der Waals surface area contributed by atoms with Crippen LogP contribution in [0.5, 0.6) is 0 Å². The molecule has 1 amide bonds. The molecule has 0 saturated carbocycles. The van der Waals surface area contributed by atoms with Crippen molar-refractivity contribution in [1.82, 2.24) is 5.32 Å². The van der Waals surface area contributed by atoms with Gasteiger partial charge < -0.3 is 5.32 Å². The molecule has 3 nitrogen and oxygen atoms in total. The predicted octanol–water partition coefficient (Wildman–Crippen LogP) is 2.53. The van der Waals surface area contributed by atoms with Gasteiger partial charge in [0.15, 0.2) is 0 Å². The van der Waals surface area contributed by atoms with Gasteiger partial charge in [-0.05, 0) is 23.8 Å². The number of nitrogens with zero attached hydrogens (tertiary/aromatic N) is 1. The van der Waals surface area contributed by atoms with E-state index in [0.29, 0.717) is 18.4 Å². The number of carbonyl (C=O) groups is 1. The highest BCUT2D eigenvalue weighted by Crippen LogP contribution is 2.16. The summed E-state index contributed by atoms with van der Waals surface area (Å²) < 4.78 is 0. The topological polar surface area (TPSA) is 52.9 Å². The van der Waals surface area contributed by atoms with E-state index in [1.165, 1.54) is 5.56 Å². The van der Waals surface area contributed by atoms with Crippen LogP contribution in [0.2, 0.25) is 0 Å². The largest absolute Gasteiger partial charge is 0.355 e. The van der Waals surface area contributed by atoms with Gasteiger partial charge in [-0.25, -0.2) is 0 Å². The molecule has 1 atom stereocenters. The minimum Gasteiger partial charge on any atom is -0.355 e. The van der Waals surface area contributed by atoms with Gasteiger partial charge in [0.25, 0.3) is 0 Å². The fourth-order valence-corrected chi connectivity index (χ4v) is 1.84. The van der Waals surface area contributed by atoms with Crippen molar-refractivity contribution in [3.05, 3.63) is 35.9 Å². The highest BCUT2D eigenvalue weighted by Gasteiger charge is 2.15. The van der Waals surface area contributed by atoms with Gasteiger partial charge in [0.2, 0.25) is 5.91 Å². The lowest BCUT2D eigenvalue weighted by Crippen LogP contribution is -2.32. The third-order valence-corrected chi connectivity index (χ3v) is 3.08. The lowest BCUT2D eigenvalue weighted by Gasteiger charge is -2.21. The average Bonchev–Trinajstić information content (AvgIpc) is 2.35. The lowest BCUT2D eigenvalue weighted by atomic mass is 9.89. The Morgan fingerprint density at radius 3 is 2.56 bits per heavy atom. The first kappa shape index (κ1) is 14.2. The molecule has 3 heteroatoms. The van der Waals surface area contributed by atoms with Crippen LogP contribution in [0.25, 0.3) is 0 Å². The number of benzene rings is 1. The molecule has 18 heavy (non-hydrogen) atoms. The van der Waals surface area contributed by atoms with Crippen LogP contribution in [0.1, 0.15) is 25.8 Å². The molecular formula is C15H20N2O. The molecule has 0 aliphatic carbocycles. The Balaban J connectivity index is 2.51. The van der Waals surface area contributed by atoms with Crippen molar-refractivity contribution in [2.75, 3.05) is 6.54 Å². The molecule has 0 spiro atoms. The summed E-state index contributed by atoms with van der Waals surface area (Å²) in [7, 11) is 0.